The minimum atomic E-state index is -3.07. The first-order valence-corrected chi connectivity index (χ1v) is 6.01. The number of halogens is 4. The molecule has 0 saturated heterocycles. The molecule has 0 spiro atoms. The van der Waals surface area contributed by atoms with E-state index >= 15 is 0 Å². The maximum atomic E-state index is 14.0. The van der Waals surface area contributed by atoms with E-state index in [0.717, 1.165) is 4.68 Å². The molecule has 0 amide bonds. The number of rotatable bonds is 3. The van der Waals surface area contributed by atoms with E-state index in [-0.39, 0.29) is 30.1 Å². The molecule has 18 heavy (non-hydrogen) atoms. The van der Waals surface area contributed by atoms with Gasteiger partial charge in [0.1, 0.15) is 11.4 Å². The molecule has 0 bridgehead atoms. The fourth-order valence-electron chi connectivity index (χ4n) is 2.41. The van der Waals surface area contributed by atoms with Crippen molar-refractivity contribution in [2.45, 2.75) is 46.1 Å². The van der Waals surface area contributed by atoms with Crippen molar-refractivity contribution in [3.05, 3.63) is 17.0 Å². The van der Waals surface area contributed by atoms with Crippen molar-refractivity contribution in [1.29, 1.82) is 0 Å². The highest BCUT2D eigenvalue weighted by Crippen LogP contribution is 2.48. The lowest BCUT2D eigenvalue weighted by atomic mass is 10.1. The number of fused-ring (bicyclic) bond motifs is 1. The van der Waals surface area contributed by atoms with Gasteiger partial charge >= 0.3 is 0 Å². The fraction of sp³-hybridized carbons (Fsp3) is 0.750. The molecule has 1 aliphatic carbocycles. The van der Waals surface area contributed by atoms with Crippen LogP contribution in [0.25, 0.3) is 0 Å². The summed E-state index contributed by atoms with van der Waals surface area (Å²) in [4.78, 5) is 0. The van der Waals surface area contributed by atoms with E-state index in [0.29, 0.717) is 0 Å². The quantitative estimate of drug-likeness (QED) is 0.760. The highest BCUT2D eigenvalue weighted by atomic mass is 19.3. The van der Waals surface area contributed by atoms with Gasteiger partial charge in [-0.25, -0.2) is 8.78 Å². The summed E-state index contributed by atoms with van der Waals surface area (Å²) in [6.45, 7) is 5.30. The Hall–Kier alpha value is -1.07. The second-order valence-corrected chi connectivity index (χ2v) is 5.32. The molecule has 1 aromatic rings. The van der Waals surface area contributed by atoms with Crippen LogP contribution in [0.1, 0.15) is 44.1 Å². The Morgan fingerprint density at radius 1 is 1.39 bits per heavy atom. The van der Waals surface area contributed by atoms with Gasteiger partial charge in [-0.15, -0.1) is 0 Å². The second-order valence-electron chi connectivity index (χ2n) is 5.32. The molecule has 0 aromatic carbocycles. The molecule has 2 nitrogen and oxygen atoms in total. The normalized spacial score (nSPS) is 21.9. The van der Waals surface area contributed by atoms with Crippen molar-refractivity contribution < 1.29 is 17.6 Å². The first-order chi connectivity index (χ1) is 8.25. The van der Waals surface area contributed by atoms with Gasteiger partial charge in [0.05, 0.1) is 0 Å². The molecule has 0 N–H and O–H groups in total. The standard InChI is InChI=1S/C12H16F4N2/c1-6(2)5-18-10-8(9(17-18)11(13)14)4-7(3)12(10,15)16/h6-7,11H,4-5H2,1-3H3/t7-/m0/s1. The van der Waals surface area contributed by atoms with Crippen molar-refractivity contribution in [3.63, 3.8) is 0 Å². The molecular formula is C12H16F4N2. The van der Waals surface area contributed by atoms with Crippen LogP contribution < -0.4 is 0 Å². The van der Waals surface area contributed by atoms with Gasteiger partial charge in [-0.2, -0.15) is 13.9 Å². The zero-order valence-electron chi connectivity index (χ0n) is 10.6. The Morgan fingerprint density at radius 3 is 2.50 bits per heavy atom. The molecule has 0 saturated carbocycles. The summed E-state index contributed by atoms with van der Waals surface area (Å²) in [6, 6.07) is 0. The summed E-state index contributed by atoms with van der Waals surface area (Å²) in [5, 5.41) is 3.69. The average Bonchev–Trinajstić information content (AvgIpc) is 2.65. The van der Waals surface area contributed by atoms with E-state index in [1.54, 1.807) is 0 Å². The summed E-state index contributed by atoms with van der Waals surface area (Å²) < 4.78 is 54.8. The van der Waals surface area contributed by atoms with Crippen molar-refractivity contribution in [2.75, 3.05) is 0 Å². The third-order valence-corrected chi connectivity index (χ3v) is 3.27. The number of nitrogens with zero attached hydrogens (tertiary/aromatic N) is 2. The Kier molecular flexibility index (Phi) is 3.15. The Bertz CT molecular complexity index is 451. The van der Waals surface area contributed by atoms with Crippen LogP contribution in [0.4, 0.5) is 17.6 Å². The molecule has 0 fully saturated rings. The monoisotopic (exact) mass is 264 g/mol. The molecule has 1 aliphatic rings. The van der Waals surface area contributed by atoms with Gasteiger partial charge in [-0.1, -0.05) is 20.8 Å². The van der Waals surface area contributed by atoms with Crippen LogP contribution in [0.2, 0.25) is 0 Å². The predicted octanol–water partition coefficient (Wildman–Crippen LogP) is 3.76. The Morgan fingerprint density at radius 2 is 2.00 bits per heavy atom. The van der Waals surface area contributed by atoms with E-state index in [4.69, 9.17) is 0 Å². The highest BCUT2D eigenvalue weighted by Gasteiger charge is 2.51. The third-order valence-electron chi connectivity index (χ3n) is 3.27. The topological polar surface area (TPSA) is 17.8 Å². The Balaban J connectivity index is 2.54. The van der Waals surface area contributed by atoms with Crippen LogP contribution in [0.3, 0.4) is 0 Å². The van der Waals surface area contributed by atoms with Gasteiger partial charge in [0.15, 0.2) is 0 Å². The summed E-state index contributed by atoms with van der Waals surface area (Å²) in [5.41, 5.74) is -0.739. The van der Waals surface area contributed by atoms with Gasteiger partial charge in [0.2, 0.25) is 0 Å². The first-order valence-electron chi connectivity index (χ1n) is 6.01. The lowest BCUT2D eigenvalue weighted by Crippen LogP contribution is -2.24. The van der Waals surface area contributed by atoms with Crippen LogP contribution in [-0.2, 0) is 18.9 Å². The number of hydrogen-bond donors (Lipinski definition) is 0. The van der Waals surface area contributed by atoms with Crippen LogP contribution in [0, 0.1) is 11.8 Å². The van der Waals surface area contributed by atoms with E-state index in [1.807, 2.05) is 13.8 Å². The zero-order valence-corrected chi connectivity index (χ0v) is 10.6. The number of aromatic nitrogens is 2. The molecule has 1 aromatic heterocycles. The van der Waals surface area contributed by atoms with Crippen molar-refractivity contribution in [2.24, 2.45) is 11.8 Å². The van der Waals surface area contributed by atoms with Crippen LogP contribution in [0.15, 0.2) is 0 Å². The van der Waals surface area contributed by atoms with E-state index < -0.39 is 24.0 Å². The zero-order chi connectivity index (χ0) is 13.7. The van der Waals surface area contributed by atoms with Gasteiger partial charge < -0.3 is 0 Å². The predicted molar refractivity (Wildman–Crippen MR) is 58.8 cm³/mol. The molecule has 0 aliphatic heterocycles. The molecule has 6 heteroatoms. The minimum Gasteiger partial charge on any atom is -0.262 e. The maximum absolute atomic E-state index is 14.0. The summed E-state index contributed by atoms with van der Waals surface area (Å²) in [7, 11) is 0. The first kappa shape index (κ1) is 13.4. The molecular weight excluding hydrogens is 248 g/mol. The van der Waals surface area contributed by atoms with E-state index in [9.17, 15) is 17.6 Å². The summed E-state index contributed by atoms with van der Waals surface area (Å²) in [5.74, 6) is -3.93. The molecule has 102 valence electrons. The van der Waals surface area contributed by atoms with Crippen molar-refractivity contribution >= 4 is 0 Å². The van der Waals surface area contributed by atoms with Gasteiger partial charge in [-0.3, -0.25) is 4.68 Å². The number of hydrogen-bond acceptors (Lipinski definition) is 1. The lowest BCUT2D eigenvalue weighted by Gasteiger charge is -2.18. The van der Waals surface area contributed by atoms with Crippen LogP contribution >= 0.6 is 0 Å². The van der Waals surface area contributed by atoms with Gasteiger partial charge in [-0.05, 0) is 12.3 Å². The van der Waals surface area contributed by atoms with E-state index in [2.05, 4.69) is 5.10 Å². The third kappa shape index (κ3) is 1.91. The van der Waals surface area contributed by atoms with E-state index in [1.165, 1.54) is 6.92 Å². The van der Waals surface area contributed by atoms with Crippen LogP contribution in [0.5, 0.6) is 0 Å². The SMILES string of the molecule is CC(C)Cn1nc(C(F)F)c2c1C(F)(F)[C@@H](C)C2. The molecule has 2 rings (SSSR count). The molecule has 1 atom stereocenters. The Labute approximate surface area is 103 Å². The number of alkyl halides is 4. The molecule has 0 radical (unpaired) electrons. The second kappa shape index (κ2) is 4.24. The fourth-order valence-corrected chi connectivity index (χ4v) is 2.41. The minimum absolute atomic E-state index is 0.0277. The summed E-state index contributed by atoms with van der Waals surface area (Å²) in [6.07, 6.45) is -2.83. The van der Waals surface area contributed by atoms with Gasteiger partial charge in [0.25, 0.3) is 12.3 Å². The molecule has 0 unspecified atom stereocenters. The summed E-state index contributed by atoms with van der Waals surface area (Å²) >= 11 is 0. The largest absolute Gasteiger partial charge is 0.292 e. The van der Waals surface area contributed by atoms with Crippen molar-refractivity contribution in [1.82, 2.24) is 9.78 Å². The van der Waals surface area contributed by atoms with Crippen molar-refractivity contribution in [3.8, 4) is 0 Å². The molecule has 1 heterocycles. The smallest absolute Gasteiger partial charge is 0.262 e. The highest BCUT2D eigenvalue weighted by molar-refractivity contribution is 5.36. The maximum Gasteiger partial charge on any atom is 0.292 e. The van der Waals surface area contributed by atoms with Crippen LogP contribution in [-0.4, -0.2) is 9.78 Å². The average molecular weight is 264 g/mol. The van der Waals surface area contributed by atoms with Gasteiger partial charge in [0, 0.05) is 18.0 Å². The lowest BCUT2D eigenvalue weighted by molar-refractivity contribution is -0.0534.